The molecule has 1 heterocycles. The summed E-state index contributed by atoms with van der Waals surface area (Å²) in [4.78, 5) is 213. The molecule has 1 aromatic heterocycles. The smallest absolute Gasteiger partial charge is 0.305 e. The standard InChI is InChI=1S/C79H129N25O16/c1-11-44(9)63(104-69(113)52(27-20-32-91-79(87)88)97-76(120)64(45(10)12-2)103-66(110)49(80)24-18-30-89-77(83)84)75(119)93-40-61(106)94-55(34-42(5)6)70(114)100-57(36-46-21-14-13-15-22-46)72(116)102-59(38-62(107)108)74(118)96-53(28-29-60(81)105)68(112)99-56(35-43(7)8)71(115)101-58(37-47-39-92-50-25-17-16-23-48(47)50)73(117)95-51(26-19-31-90-78(85)86)67(111)98-54(65(82)109)33-41(3)4/h13-17,21-23,25,39,41-45,49,51-59,63-64,92H,11-12,18-20,24,26-38,40,80H2,1-10H3,(H2,81,105)(H2,82,109)(H,93,119)(H,94,106)(H,95,117)(H,96,118)(H,97,120)(H,98,111)(H,99,112)(H,100,114)(H,101,115)(H,102,116)(H,103,110)(H,104,113)(H,107,108)(H4,83,84,89)(H4,85,86,90)(H4,87,88,91)/t44-,45-,49-,51-,52-,53-,54-,55-,56-,57-,58-,59-,63-,64-/m0/s1. The van der Waals surface area contributed by atoms with Gasteiger partial charge in [0.15, 0.2) is 17.9 Å². The van der Waals surface area contributed by atoms with E-state index in [1.165, 1.54) is 0 Å². The molecule has 0 radical (unpaired) electrons. The van der Waals surface area contributed by atoms with Gasteiger partial charge in [-0.05, 0) is 111 Å². The molecule has 0 aliphatic heterocycles. The molecule has 3 aromatic rings. The summed E-state index contributed by atoms with van der Waals surface area (Å²) in [6.07, 6.45) is 0.321. The lowest BCUT2D eigenvalue weighted by Gasteiger charge is -2.29. The Balaban J connectivity index is 1.97. The lowest BCUT2D eigenvalue weighted by atomic mass is 9.96. The molecule has 0 spiro atoms. The van der Waals surface area contributed by atoms with Crippen molar-refractivity contribution in [3.05, 3.63) is 71.9 Å². The number of rotatable bonds is 56. The maximum absolute atomic E-state index is 14.9. The highest BCUT2D eigenvalue weighted by atomic mass is 16.4. The molecule has 0 unspecified atom stereocenters. The minimum atomic E-state index is -2.04. The van der Waals surface area contributed by atoms with Crippen LogP contribution in [-0.2, 0) is 84.8 Å². The van der Waals surface area contributed by atoms with Gasteiger partial charge in [-0.25, -0.2) is 0 Å². The van der Waals surface area contributed by atoms with E-state index in [1.54, 1.807) is 116 Å². The summed E-state index contributed by atoms with van der Waals surface area (Å²) in [7, 11) is 0. The molecule has 0 bridgehead atoms. The number of primary amides is 2. The molecule has 0 aliphatic rings. The van der Waals surface area contributed by atoms with E-state index in [0.29, 0.717) is 41.3 Å². The first-order valence-corrected chi connectivity index (χ1v) is 40.5. The van der Waals surface area contributed by atoms with Crippen molar-refractivity contribution < 1.29 is 77.0 Å². The van der Waals surface area contributed by atoms with E-state index in [-0.39, 0.29) is 119 Å². The van der Waals surface area contributed by atoms with Gasteiger partial charge in [0.25, 0.3) is 0 Å². The number of aliphatic carboxylic acids is 1. The zero-order chi connectivity index (χ0) is 90.0. The number of hydrogen-bond acceptors (Lipinski definition) is 19. The molecule has 0 saturated carbocycles. The van der Waals surface area contributed by atoms with Gasteiger partial charge in [-0.3, -0.25) is 88.1 Å². The van der Waals surface area contributed by atoms with Crippen LogP contribution in [0, 0.1) is 45.8 Å². The number of fused-ring (bicyclic) bond motifs is 1. The predicted molar refractivity (Wildman–Crippen MR) is 449 cm³/mol. The van der Waals surface area contributed by atoms with Crippen LogP contribution in [0.25, 0.3) is 10.9 Å². The quantitative estimate of drug-likeness (QED) is 0.0152. The Morgan fingerprint density at radius 1 is 0.408 bits per heavy atom. The number of benzene rings is 2. The molecule has 3 rings (SSSR count). The Morgan fingerprint density at radius 3 is 1.27 bits per heavy atom. The number of carbonyl (C=O) groups is 15. The molecule has 2 aromatic carbocycles. The van der Waals surface area contributed by atoms with Crippen LogP contribution in [0.5, 0.6) is 0 Å². The summed E-state index contributed by atoms with van der Waals surface area (Å²) in [5.74, 6) is -17.3. The van der Waals surface area contributed by atoms with Crippen LogP contribution in [0.3, 0.4) is 0 Å². The van der Waals surface area contributed by atoms with Gasteiger partial charge in [-0.1, -0.05) is 131 Å². The Morgan fingerprint density at radius 2 is 0.792 bits per heavy atom. The van der Waals surface area contributed by atoms with E-state index in [1.807, 2.05) is 13.8 Å². The minimum Gasteiger partial charge on any atom is -0.481 e. The van der Waals surface area contributed by atoms with Crippen molar-refractivity contribution in [1.29, 1.82) is 16.2 Å². The first-order chi connectivity index (χ1) is 56.5. The van der Waals surface area contributed by atoms with Crippen molar-refractivity contribution in [2.45, 2.75) is 244 Å². The average Bonchev–Trinajstić information content (AvgIpc) is 1.65. The summed E-state index contributed by atoms with van der Waals surface area (Å²) in [6.45, 7) is 17.1. The topological polar surface area (TPSA) is 700 Å². The molecule has 0 fully saturated rings. The van der Waals surface area contributed by atoms with Gasteiger partial charge in [0, 0.05) is 56.0 Å². The van der Waals surface area contributed by atoms with Gasteiger partial charge < -0.3 is 124 Å². The highest BCUT2D eigenvalue weighted by Gasteiger charge is 2.39. The van der Waals surface area contributed by atoms with Crippen LogP contribution < -0.4 is 114 Å². The maximum atomic E-state index is 14.9. The number of hydrogen-bond donors (Lipinski definition) is 26. The van der Waals surface area contributed by atoms with Crippen LogP contribution in [-0.4, -0.2) is 215 Å². The van der Waals surface area contributed by atoms with Crippen LogP contribution in [0.2, 0.25) is 0 Å². The van der Waals surface area contributed by atoms with E-state index in [0.717, 1.165) is 0 Å². The monoisotopic (exact) mass is 1680 g/mol. The molecule has 0 saturated heterocycles. The number of carbonyl (C=O) groups excluding carboxylic acids is 14. The fourth-order valence-electron chi connectivity index (χ4n) is 12.7. The molecule has 666 valence electrons. The molecule has 14 amide bonds. The number of aromatic amines is 1. The summed E-state index contributed by atoms with van der Waals surface area (Å²) < 4.78 is 0. The van der Waals surface area contributed by atoms with Gasteiger partial charge in [0.1, 0.15) is 66.5 Å². The van der Waals surface area contributed by atoms with Crippen molar-refractivity contribution in [3.63, 3.8) is 0 Å². The van der Waals surface area contributed by atoms with Gasteiger partial charge >= 0.3 is 5.97 Å². The fraction of sp³-hybridized carbons (Fsp3) is 0.595. The SMILES string of the molecule is CC[C@H](C)[C@H](NC(=O)[C@H](CCCNC(=N)N)NC(=O)[C@@H](NC(=O)[C@@H](N)CCCNC(=N)N)[C@@H](C)CC)C(=O)NCC(=O)N[C@@H](CC(C)C)C(=O)N[C@@H](Cc1ccccc1)C(=O)N[C@@H](CC(=O)O)C(=O)N[C@@H](CCC(N)=O)C(=O)N[C@@H](CC(C)C)C(=O)N[C@@H](Cc1c[nH]c2ccccc12)C(=O)N[C@@H](CCCNC(=N)N)C(=O)N[C@@H](CC(C)C)C(N)=O. The lowest BCUT2D eigenvalue weighted by molar-refractivity contribution is -0.141. The summed E-state index contributed by atoms with van der Waals surface area (Å²) in [5, 5.41) is 72.7. The maximum Gasteiger partial charge on any atom is 0.305 e. The van der Waals surface area contributed by atoms with Crippen LogP contribution in [0.15, 0.2) is 60.8 Å². The molecule has 0 aliphatic carbocycles. The highest BCUT2D eigenvalue weighted by Crippen LogP contribution is 2.21. The average molecular weight is 1690 g/mol. The van der Waals surface area contributed by atoms with Gasteiger partial charge in [-0.2, -0.15) is 0 Å². The van der Waals surface area contributed by atoms with Gasteiger partial charge in [0.05, 0.1) is 19.0 Å². The third-order valence-corrected chi connectivity index (χ3v) is 19.6. The molecule has 32 N–H and O–H groups in total. The minimum absolute atomic E-state index is 0.0539. The predicted octanol–water partition coefficient (Wildman–Crippen LogP) is -3.02. The number of aromatic nitrogens is 1. The largest absolute Gasteiger partial charge is 0.481 e. The number of nitrogens with one attached hydrogen (secondary N) is 19. The molecule has 41 nitrogen and oxygen atoms in total. The summed E-state index contributed by atoms with van der Waals surface area (Å²) in [5.41, 5.74) is 35.4. The van der Waals surface area contributed by atoms with Crippen molar-refractivity contribution in [2.24, 2.45) is 64.0 Å². The van der Waals surface area contributed by atoms with Crippen molar-refractivity contribution in [3.8, 4) is 0 Å². The number of para-hydroxylation sites is 1. The van der Waals surface area contributed by atoms with E-state index >= 15 is 0 Å². The Hall–Kier alpha value is -12.2. The summed E-state index contributed by atoms with van der Waals surface area (Å²) in [6, 6.07) is -2.08. The molecule has 120 heavy (non-hydrogen) atoms. The zero-order valence-electron chi connectivity index (χ0n) is 70.3. The van der Waals surface area contributed by atoms with Gasteiger partial charge in [0.2, 0.25) is 82.7 Å². The molecule has 41 heteroatoms. The fourth-order valence-corrected chi connectivity index (χ4v) is 12.7. The van der Waals surface area contributed by atoms with E-state index in [2.05, 4.69) is 84.7 Å². The number of carboxylic acid groups (broad SMARTS) is 1. The van der Waals surface area contributed by atoms with Crippen molar-refractivity contribution in [2.75, 3.05) is 26.2 Å². The van der Waals surface area contributed by atoms with Gasteiger partial charge in [-0.15, -0.1) is 0 Å². The van der Waals surface area contributed by atoms with Crippen LogP contribution >= 0.6 is 0 Å². The first kappa shape index (κ1) is 102. The number of guanidine groups is 3. The van der Waals surface area contributed by atoms with E-state index in [4.69, 9.17) is 50.6 Å². The lowest BCUT2D eigenvalue weighted by Crippen LogP contribution is -2.61. The number of amides is 14. The zero-order valence-corrected chi connectivity index (χ0v) is 70.3. The first-order valence-electron chi connectivity index (χ1n) is 40.5. The third-order valence-electron chi connectivity index (χ3n) is 19.6. The second-order valence-corrected chi connectivity index (χ2v) is 31.3. The van der Waals surface area contributed by atoms with Crippen molar-refractivity contribution >= 4 is 117 Å². The van der Waals surface area contributed by atoms with E-state index in [9.17, 15) is 77.0 Å². The van der Waals surface area contributed by atoms with Crippen molar-refractivity contribution in [1.82, 2.24) is 84.7 Å². The summed E-state index contributed by atoms with van der Waals surface area (Å²) >= 11 is 0. The van der Waals surface area contributed by atoms with E-state index < -0.39 is 199 Å². The third kappa shape index (κ3) is 38.0. The molecular weight excluding hydrogens is 1560 g/mol. The van der Waals surface area contributed by atoms with Crippen LogP contribution in [0.1, 0.15) is 170 Å². The number of carboxylic acids is 1. The number of H-pyrrole nitrogens is 1. The normalized spacial score (nSPS) is 14.7. The second-order valence-electron chi connectivity index (χ2n) is 31.3. The molecular formula is C79H129N25O16. The Kier molecular flexibility index (Phi) is 44.7. The molecule has 14 atom stereocenters. The Labute approximate surface area is 699 Å². The number of nitrogens with two attached hydrogens (primary N) is 6. The highest BCUT2D eigenvalue weighted by molar-refractivity contribution is 6.01. The van der Waals surface area contributed by atoms with Crippen LogP contribution in [0.4, 0.5) is 0 Å². The Bertz CT molecular complexity index is 3970. The second kappa shape index (κ2) is 52.6.